The molecule has 0 amide bonds. The first-order valence-corrected chi connectivity index (χ1v) is 3.85. The molecule has 4 heteroatoms. The molecule has 0 atom stereocenters. The van der Waals surface area contributed by atoms with Gasteiger partial charge in [-0.05, 0) is 18.8 Å². The molecule has 0 aromatic carbocycles. The highest BCUT2D eigenvalue weighted by Crippen LogP contribution is 2.29. The molecule has 60 valence electrons. The minimum Gasteiger partial charge on any atom is -0.409 e. The van der Waals surface area contributed by atoms with E-state index in [4.69, 9.17) is 9.83 Å². The highest BCUT2D eigenvalue weighted by molar-refractivity contribution is 4.74. The van der Waals surface area contributed by atoms with Gasteiger partial charge in [0.25, 0.3) is 0 Å². The molecule has 1 N–H and O–H groups in total. The van der Waals surface area contributed by atoms with Gasteiger partial charge >= 0.3 is 5.68 Å². The average molecular weight is 153 g/mol. The fraction of sp³-hybridized carbons (Fsp3) is 0.714. The second-order valence-electron chi connectivity index (χ2n) is 3.05. The van der Waals surface area contributed by atoms with Gasteiger partial charge in [0.05, 0.1) is 0 Å². The van der Waals surface area contributed by atoms with E-state index in [1.54, 1.807) is 11.6 Å². The number of aryl methyl sites for hydroxylation is 1. The van der Waals surface area contributed by atoms with E-state index in [9.17, 15) is 0 Å². The van der Waals surface area contributed by atoms with E-state index >= 15 is 0 Å². The minimum atomic E-state index is 0.175. The van der Waals surface area contributed by atoms with E-state index in [2.05, 4.69) is 5.10 Å². The lowest BCUT2D eigenvalue weighted by Gasteiger charge is -1.93. The molecule has 0 spiro atoms. The molecule has 1 aromatic heterocycles. The number of nitrogens with zero attached hydrogens (tertiary/aromatic N) is 2. The van der Waals surface area contributed by atoms with Crippen molar-refractivity contribution >= 4 is 0 Å². The first kappa shape index (κ1) is 6.64. The maximum absolute atomic E-state index is 7.35. The van der Waals surface area contributed by atoms with Crippen molar-refractivity contribution in [2.24, 2.45) is 5.92 Å². The molecule has 11 heavy (non-hydrogen) atoms. The van der Waals surface area contributed by atoms with Crippen LogP contribution in [0.1, 0.15) is 18.7 Å². The Bertz CT molecular complexity index is 308. The van der Waals surface area contributed by atoms with E-state index < -0.39 is 0 Å². The lowest BCUT2D eigenvalue weighted by molar-refractivity contribution is 0.424. The predicted molar refractivity (Wildman–Crippen MR) is 37.8 cm³/mol. The van der Waals surface area contributed by atoms with Gasteiger partial charge in [-0.15, -0.1) is 5.10 Å². The van der Waals surface area contributed by atoms with Crippen LogP contribution in [0.2, 0.25) is 0 Å². The van der Waals surface area contributed by atoms with Gasteiger partial charge in [-0.1, -0.05) is 0 Å². The lowest BCUT2D eigenvalue weighted by atomic mass is 10.4. The summed E-state index contributed by atoms with van der Waals surface area (Å²) in [6.45, 7) is 2.62. The number of rotatable bonds is 2. The van der Waals surface area contributed by atoms with E-state index in [0.717, 1.165) is 12.5 Å². The third-order valence-corrected chi connectivity index (χ3v) is 1.87. The van der Waals surface area contributed by atoms with Gasteiger partial charge in [0.1, 0.15) is 0 Å². The molecule has 1 fully saturated rings. The van der Waals surface area contributed by atoms with Crippen LogP contribution in [0, 0.1) is 18.3 Å². The summed E-state index contributed by atoms with van der Waals surface area (Å²) in [6, 6.07) is 0. The van der Waals surface area contributed by atoms with Gasteiger partial charge in [-0.2, -0.15) is 0 Å². The maximum atomic E-state index is 7.35. The summed E-state index contributed by atoms with van der Waals surface area (Å²) >= 11 is 0. The molecule has 0 unspecified atom stereocenters. The number of hydrogen-bond donors (Lipinski definition) is 1. The standard InChI is InChI=1S/C7H11N3O/c1-5-9-10(7(8)11-5)4-6-2-3-6/h6,8H,2-4H2,1H3. The van der Waals surface area contributed by atoms with E-state index in [-0.39, 0.29) is 5.68 Å². The number of hydrogen-bond acceptors (Lipinski definition) is 3. The SMILES string of the molecule is Cc1nn(CC2CC2)c(=N)o1. The van der Waals surface area contributed by atoms with Crippen LogP contribution < -0.4 is 5.68 Å². The molecule has 0 aliphatic heterocycles. The first-order valence-electron chi connectivity index (χ1n) is 3.85. The van der Waals surface area contributed by atoms with Crippen LogP contribution in [0.5, 0.6) is 0 Å². The molecular formula is C7H11N3O. The van der Waals surface area contributed by atoms with Gasteiger partial charge in [0.2, 0.25) is 5.89 Å². The highest BCUT2D eigenvalue weighted by Gasteiger charge is 2.22. The van der Waals surface area contributed by atoms with Crippen LogP contribution in [-0.4, -0.2) is 9.78 Å². The molecule has 1 aliphatic rings. The Morgan fingerprint density at radius 1 is 1.73 bits per heavy atom. The third-order valence-electron chi connectivity index (χ3n) is 1.87. The van der Waals surface area contributed by atoms with Gasteiger partial charge in [0, 0.05) is 13.5 Å². The van der Waals surface area contributed by atoms with E-state index in [1.807, 2.05) is 0 Å². The Labute approximate surface area is 64.3 Å². The Kier molecular flexibility index (Phi) is 1.34. The maximum Gasteiger partial charge on any atom is 0.312 e. The van der Waals surface area contributed by atoms with E-state index in [0.29, 0.717) is 5.89 Å². The second-order valence-corrected chi connectivity index (χ2v) is 3.05. The Balaban J connectivity index is 2.21. The number of nitrogens with one attached hydrogen (secondary N) is 1. The largest absolute Gasteiger partial charge is 0.409 e. The quantitative estimate of drug-likeness (QED) is 0.679. The Morgan fingerprint density at radius 2 is 2.45 bits per heavy atom. The Morgan fingerprint density at radius 3 is 2.91 bits per heavy atom. The van der Waals surface area contributed by atoms with Crippen molar-refractivity contribution in [2.45, 2.75) is 26.3 Å². The van der Waals surface area contributed by atoms with Crippen molar-refractivity contribution in [1.29, 1.82) is 5.41 Å². The molecule has 1 aromatic rings. The van der Waals surface area contributed by atoms with Crippen molar-refractivity contribution in [3.05, 3.63) is 11.6 Å². The second kappa shape index (κ2) is 2.22. The molecule has 0 radical (unpaired) electrons. The highest BCUT2D eigenvalue weighted by atomic mass is 16.4. The zero-order chi connectivity index (χ0) is 7.84. The lowest BCUT2D eigenvalue weighted by Crippen LogP contribution is -2.16. The molecule has 2 rings (SSSR count). The summed E-state index contributed by atoms with van der Waals surface area (Å²) in [4.78, 5) is 0. The fourth-order valence-corrected chi connectivity index (χ4v) is 1.10. The van der Waals surface area contributed by atoms with Crippen molar-refractivity contribution in [3.63, 3.8) is 0 Å². The average Bonchev–Trinajstić information content (AvgIpc) is 2.64. The summed E-state index contributed by atoms with van der Waals surface area (Å²) in [5.74, 6) is 1.32. The summed E-state index contributed by atoms with van der Waals surface area (Å²) in [5, 5.41) is 11.4. The van der Waals surface area contributed by atoms with Crippen molar-refractivity contribution in [3.8, 4) is 0 Å². The molecule has 0 saturated heterocycles. The molecule has 0 bridgehead atoms. The zero-order valence-corrected chi connectivity index (χ0v) is 6.50. The summed E-state index contributed by atoms with van der Waals surface area (Å²) in [6.07, 6.45) is 2.55. The Hall–Kier alpha value is -1.06. The smallest absolute Gasteiger partial charge is 0.312 e. The van der Waals surface area contributed by atoms with Gasteiger partial charge in [0.15, 0.2) is 0 Å². The number of aromatic nitrogens is 2. The topological polar surface area (TPSA) is 54.8 Å². The van der Waals surface area contributed by atoms with E-state index in [1.165, 1.54) is 12.8 Å². The molecule has 1 aliphatic carbocycles. The molecule has 1 saturated carbocycles. The van der Waals surface area contributed by atoms with Crippen molar-refractivity contribution in [2.75, 3.05) is 0 Å². The van der Waals surface area contributed by atoms with Gasteiger partial charge in [-0.25, -0.2) is 10.1 Å². The summed E-state index contributed by atoms with van der Waals surface area (Å²) in [7, 11) is 0. The molecule has 1 heterocycles. The van der Waals surface area contributed by atoms with Crippen LogP contribution in [0.3, 0.4) is 0 Å². The van der Waals surface area contributed by atoms with Crippen molar-refractivity contribution < 1.29 is 4.42 Å². The fourth-order valence-electron chi connectivity index (χ4n) is 1.10. The van der Waals surface area contributed by atoms with Crippen LogP contribution >= 0.6 is 0 Å². The predicted octanol–water partition coefficient (Wildman–Crippen LogP) is 0.674. The molecule has 4 nitrogen and oxygen atoms in total. The summed E-state index contributed by atoms with van der Waals surface area (Å²) in [5.41, 5.74) is 0.175. The van der Waals surface area contributed by atoms with Crippen molar-refractivity contribution in [1.82, 2.24) is 9.78 Å². The monoisotopic (exact) mass is 153 g/mol. The van der Waals surface area contributed by atoms with Crippen LogP contribution in [0.25, 0.3) is 0 Å². The first-order chi connectivity index (χ1) is 5.25. The zero-order valence-electron chi connectivity index (χ0n) is 6.50. The minimum absolute atomic E-state index is 0.175. The van der Waals surface area contributed by atoms with Crippen LogP contribution in [-0.2, 0) is 6.54 Å². The van der Waals surface area contributed by atoms with Crippen LogP contribution in [0.4, 0.5) is 0 Å². The van der Waals surface area contributed by atoms with Gasteiger partial charge in [-0.3, -0.25) is 0 Å². The van der Waals surface area contributed by atoms with Crippen LogP contribution in [0.15, 0.2) is 4.42 Å². The van der Waals surface area contributed by atoms with Gasteiger partial charge < -0.3 is 4.42 Å². The molecular weight excluding hydrogens is 142 g/mol. The third kappa shape index (κ3) is 1.34. The summed E-state index contributed by atoms with van der Waals surface area (Å²) < 4.78 is 6.59. The normalized spacial score (nSPS) is 17.2.